The van der Waals surface area contributed by atoms with Gasteiger partial charge in [-0.15, -0.1) is 0 Å². The van der Waals surface area contributed by atoms with E-state index < -0.39 is 0 Å². The first-order valence-corrected chi connectivity index (χ1v) is 6.33. The molecule has 0 spiro atoms. The number of nitro benzene ring substituents is 1. The minimum absolute atomic E-state index is 0.218. The van der Waals surface area contributed by atoms with Gasteiger partial charge in [0.25, 0.3) is 5.69 Å². The van der Waals surface area contributed by atoms with Crippen LogP contribution in [0.4, 0.5) is 5.69 Å². The Balaban J connectivity index is 2.38. The van der Waals surface area contributed by atoms with Gasteiger partial charge in [0, 0.05) is 11.6 Å². The van der Waals surface area contributed by atoms with Crippen molar-refractivity contribution in [1.82, 2.24) is 5.32 Å². The van der Waals surface area contributed by atoms with Crippen molar-refractivity contribution in [3.8, 4) is 0 Å². The molecule has 1 aromatic carbocycles. The zero-order valence-electron chi connectivity index (χ0n) is 11.4. The molecule has 4 nitrogen and oxygen atoms in total. The predicted molar refractivity (Wildman–Crippen MR) is 73.7 cm³/mol. The second-order valence-corrected chi connectivity index (χ2v) is 5.70. The van der Waals surface area contributed by atoms with E-state index in [2.05, 4.69) is 26.1 Å². The van der Waals surface area contributed by atoms with Gasteiger partial charge in [0.1, 0.15) is 0 Å². The van der Waals surface area contributed by atoms with Gasteiger partial charge < -0.3 is 5.32 Å². The summed E-state index contributed by atoms with van der Waals surface area (Å²) in [6.07, 6.45) is 1.80. The Morgan fingerprint density at radius 2 is 1.89 bits per heavy atom. The summed E-state index contributed by atoms with van der Waals surface area (Å²) in [5, 5.41) is 14.2. The summed E-state index contributed by atoms with van der Waals surface area (Å²) in [6.45, 7) is 8.34. The van der Waals surface area contributed by atoms with Gasteiger partial charge in [-0.1, -0.05) is 39.0 Å². The molecule has 1 aromatic rings. The number of nitrogens with zero attached hydrogens (tertiary/aromatic N) is 1. The molecule has 0 heterocycles. The third-order valence-electron chi connectivity index (χ3n) is 2.81. The Kier molecular flexibility index (Phi) is 5.28. The highest BCUT2D eigenvalue weighted by atomic mass is 16.6. The van der Waals surface area contributed by atoms with Gasteiger partial charge >= 0.3 is 0 Å². The molecule has 0 aliphatic rings. The maximum absolute atomic E-state index is 10.8. The van der Waals surface area contributed by atoms with Crippen LogP contribution in [0, 0.1) is 15.5 Å². The van der Waals surface area contributed by atoms with E-state index in [0.717, 1.165) is 25.1 Å². The van der Waals surface area contributed by atoms with Crippen molar-refractivity contribution < 1.29 is 4.92 Å². The van der Waals surface area contributed by atoms with E-state index in [1.807, 2.05) is 12.1 Å². The summed E-state index contributed by atoms with van der Waals surface area (Å²) < 4.78 is 0. The maximum atomic E-state index is 10.8. The normalized spacial score (nSPS) is 11.5. The predicted octanol–water partition coefficient (Wildman–Crippen LogP) is 3.16. The molecule has 1 N–H and O–H groups in total. The summed E-state index contributed by atoms with van der Waals surface area (Å²) in [6, 6.07) is 6.93. The molecular weight excluding hydrogens is 228 g/mol. The second kappa shape index (κ2) is 6.50. The lowest BCUT2D eigenvalue weighted by molar-refractivity contribution is -0.385. The number of benzene rings is 1. The van der Waals surface area contributed by atoms with Gasteiger partial charge in [0.05, 0.1) is 4.92 Å². The zero-order valence-corrected chi connectivity index (χ0v) is 11.4. The topological polar surface area (TPSA) is 55.2 Å². The Hall–Kier alpha value is -1.42. The molecule has 0 saturated carbocycles. The van der Waals surface area contributed by atoms with Gasteiger partial charge in [0.2, 0.25) is 0 Å². The van der Waals surface area contributed by atoms with Crippen LogP contribution in [-0.2, 0) is 6.42 Å². The number of rotatable bonds is 6. The van der Waals surface area contributed by atoms with Crippen molar-refractivity contribution >= 4 is 5.69 Å². The molecule has 4 heteroatoms. The van der Waals surface area contributed by atoms with Crippen LogP contribution in [0.5, 0.6) is 0 Å². The molecule has 0 saturated heterocycles. The fraction of sp³-hybridized carbons (Fsp3) is 0.571. The van der Waals surface area contributed by atoms with Gasteiger partial charge in [-0.25, -0.2) is 0 Å². The first-order valence-electron chi connectivity index (χ1n) is 6.33. The average Bonchev–Trinajstić information content (AvgIpc) is 2.27. The van der Waals surface area contributed by atoms with Crippen molar-refractivity contribution in [2.24, 2.45) is 5.41 Å². The lowest BCUT2D eigenvalue weighted by Gasteiger charge is -2.18. The van der Waals surface area contributed by atoms with Crippen LogP contribution in [0.3, 0.4) is 0 Å². The largest absolute Gasteiger partial charge is 0.316 e. The van der Waals surface area contributed by atoms with Crippen LogP contribution in [0.15, 0.2) is 24.3 Å². The molecule has 0 bridgehead atoms. The van der Waals surface area contributed by atoms with E-state index in [0.29, 0.717) is 11.8 Å². The summed E-state index contributed by atoms with van der Waals surface area (Å²) in [5.74, 6) is 0. The van der Waals surface area contributed by atoms with Gasteiger partial charge in [-0.05, 0) is 31.3 Å². The van der Waals surface area contributed by atoms with Crippen LogP contribution in [-0.4, -0.2) is 18.0 Å². The van der Waals surface area contributed by atoms with Crippen molar-refractivity contribution in [2.75, 3.05) is 13.1 Å². The standard InChI is InChI=1S/C14H22N2O2/c1-14(2,3)9-11-15-10-8-12-6-4-5-7-13(12)16(17)18/h4-7,15H,8-11H2,1-3H3. The minimum Gasteiger partial charge on any atom is -0.316 e. The fourth-order valence-electron chi connectivity index (χ4n) is 1.71. The Bertz CT molecular complexity index is 397. The van der Waals surface area contributed by atoms with E-state index in [9.17, 15) is 10.1 Å². The van der Waals surface area contributed by atoms with Crippen LogP contribution in [0.2, 0.25) is 0 Å². The highest BCUT2D eigenvalue weighted by molar-refractivity contribution is 5.39. The third kappa shape index (κ3) is 5.27. The molecule has 0 atom stereocenters. The number of nitro groups is 1. The molecule has 0 radical (unpaired) electrons. The minimum atomic E-state index is -0.315. The summed E-state index contributed by atoms with van der Waals surface area (Å²) in [4.78, 5) is 10.5. The Labute approximate surface area is 109 Å². The van der Waals surface area contributed by atoms with Gasteiger partial charge in [-0.3, -0.25) is 10.1 Å². The monoisotopic (exact) mass is 250 g/mol. The van der Waals surface area contributed by atoms with Crippen molar-refractivity contribution in [3.05, 3.63) is 39.9 Å². The van der Waals surface area contributed by atoms with E-state index in [1.165, 1.54) is 0 Å². The zero-order chi connectivity index (χ0) is 13.6. The number of para-hydroxylation sites is 1. The van der Waals surface area contributed by atoms with Crippen molar-refractivity contribution in [3.63, 3.8) is 0 Å². The van der Waals surface area contributed by atoms with Crippen molar-refractivity contribution in [1.29, 1.82) is 0 Å². The second-order valence-electron chi connectivity index (χ2n) is 5.70. The lowest BCUT2D eigenvalue weighted by Crippen LogP contribution is -2.22. The van der Waals surface area contributed by atoms with Gasteiger partial charge in [0.15, 0.2) is 0 Å². The highest BCUT2D eigenvalue weighted by Gasteiger charge is 2.12. The molecule has 100 valence electrons. The molecule has 0 unspecified atom stereocenters. The molecule has 18 heavy (non-hydrogen) atoms. The molecule has 0 aliphatic carbocycles. The fourth-order valence-corrected chi connectivity index (χ4v) is 1.71. The quantitative estimate of drug-likeness (QED) is 0.479. The van der Waals surface area contributed by atoms with Gasteiger partial charge in [-0.2, -0.15) is 0 Å². The maximum Gasteiger partial charge on any atom is 0.272 e. The summed E-state index contributed by atoms with van der Waals surface area (Å²) in [5.41, 5.74) is 1.34. The molecular formula is C14H22N2O2. The summed E-state index contributed by atoms with van der Waals surface area (Å²) >= 11 is 0. The number of hydrogen-bond acceptors (Lipinski definition) is 3. The highest BCUT2D eigenvalue weighted by Crippen LogP contribution is 2.18. The first-order chi connectivity index (χ1) is 8.40. The van der Waals surface area contributed by atoms with E-state index in [4.69, 9.17) is 0 Å². The number of nitrogens with one attached hydrogen (secondary N) is 1. The third-order valence-corrected chi connectivity index (χ3v) is 2.81. The Morgan fingerprint density at radius 3 is 2.50 bits per heavy atom. The van der Waals surface area contributed by atoms with E-state index in [1.54, 1.807) is 12.1 Å². The van der Waals surface area contributed by atoms with Crippen LogP contribution < -0.4 is 5.32 Å². The average molecular weight is 250 g/mol. The molecule has 1 rings (SSSR count). The lowest BCUT2D eigenvalue weighted by atomic mass is 9.92. The SMILES string of the molecule is CC(C)(C)CCNCCc1ccccc1[N+](=O)[O-]. The Morgan fingerprint density at radius 1 is 1.22 bits per heavy atom. The smallest absolute Gasteiger partial charge is 0.272 e. The molecule has 0 amide bonds. The van der Waals surface area contributed by atoms with Crippen LogP contribution in [0.1, 0.15) is 32.8 Å². The molecule has 0 aromatic heterocycles. The van der Waals surface area contributed by atoms with Crippen molar-refractivity contribution in [2.45, 2.75) is 33.6 Å². The van der Waals surface area contributed by atoms with Crippen LogP contribution in [0.25, 0.3) is 0 Å². The van der Waals surface area contributed by atoms with E-state index >= 15 is 0 Å². The summed E-state index contributed by atoms with van der Waals surface area (Å²) in [7, 11) is 0. The first kappa shape index (κ1) is 14.6. The molecule has 0 aliphatic heterocycles. The number of hydrogen-bond donors (Lipinski definition) is 1. The molecule has 0 fully saturated rings. The van der Waals surface area contributed by atoms with Crippen LogP contribution >= 0.6 is 0 Å². The van der Waals surface area contributed by atoms with E-state index in [-0.39, 0.29) is 10.6 Å².